The van der Waals surface area contributed by atoms with Crippen molar-refractivity contribution in [3.63, 3.8) is 0 Å². The van der Waals surface area contributed by atoms with Gasteiger partial charge in [-0.3, -0.25) is 0 Å². The molecule has 190 valence electrons. The molecular weight excluding hydrogens is 729 g/mol. The van der Waals surface area contributed by atoms with Crippen molar-refractivity contribution < 1.29 is 70.7 Å². The average Bonchev–Trinajstić information content (AvgIpc) is 2.91. The summed E-state index contributed by atoms with van der Waals surface area (Å²) in [5.41, 5.74) is 2.86. The normalized spacial score (nSPS) is 6.81. The van der Waals surface area contributed by atoms with E-state index in [0.29, 0.717) is 22.3 Å². The van der Waals surface area contributed by atoms with Crippen molar-refractivity contribution in [3.8, 4) is 24.3 Å². The molecule has 0 saturated heterocycles. The molecule has 0 atom stereocenters. The van der Waals surface area contributed by atoms with Gasteiger partial charge in [-0.15, -0.1) is 0 Å². The first-order chi connectivity index (χ1) is 15.7. The van der Waals surface area contributed by atoms with Gasteiger partial charge in [0.2, 0.25) is 0 Å². The summed E-state index contributed by atoms with van der Waals surface area (Å²) in [5, 5.41) is 33.2. The number of hydrogen-bond acceptors (Lipinski definition) is 4. The van der Waals surface area contributed by atoms with Crippen molar-refractivity contribution in [1.29, 1.82) is 21.0 Å². The summed E-state index contributed by atoms with van der Waals surface area (Å²) in [7, 11) is 0. The molecule has 4 nitrogen and oxygen atoms in total. The van der Waals surface area contributed by atoms with E-state index in [1.807, 2.05) is 97.1 Å². The molecule has 9 heteroatoms. The van der Waals surface area contributed by atoms with Crippen LogP contribution in [0.25, 0.3) is 0 Å². The van der Waals surface area contributed by atoms with E-state index in [-0.39, 0.29) is 70.7 Å². The molecule has 0 unspecified atom stereocenters. The van der Waals surface area contributed by atoms with Crippen LogP contribution in [0.1, 0.15) is 22.3 Å². The average molecular weight is 749 g/mol. The largest absolute Gasteiger partial charge is 4.00 e. The maximum atomic E-state index is 8.29. The summed E-state index contributed by atoms with van der Waals surface area (Å²) in [6.45, 7) is 0. The molecular formula is C28H20Cl4N4Pt. The van der Waals surface area contributed by atoms with Crippen LogP contribution in [0.3, 0.4) is 0 Å². The molecule has 0 spiro atoms. The quantitative estimate of drug-likeness (QED) is 0.179. The Morgan fingerprint density at radius 3 is 0.514 bits per heavy atom. The first kappa shape index (κ1) is 43.7. The third kappa shape index (κ3) is 22.9. The van der Waals surface area contributed by atoms with Gasteiger partial charge in [0.25, 0.3) is 0 Å². The predicted molar refractivity (Wildman–Crippen MR) is 125 cm³/mol. The predicted octanol–water partition coefficient (Wildman–Crippen LogP) is -5.75. The fraction of sp³-hybridized carbons (Fsp3) is 0. The third-order valence-electron chi connectivity index (χ3n) is 3.61. The molecule has 0 fully saturated rings. The van der Waals surface area contributed by atoms with Gasteiger partial charge in [-0.05, 0) is 48.5 Å². The summed E-state index contributed by atoms with van der Waals surface area (Å²) in [5.74, 6) is 0. The molecule has 0 amide bonds. The van der Waals surface area contributed by atoms with Crippen LogP contribution >= 0.6 is 0 Å². The van der Waals surface area contributed by atoms with E-state index >= 15 is 0 Å². The van der Waals surface area contributed by atoms with Crippen molar-refractivity contribution >= 4 is 0 Å². The van der Waals surface area contributed by atoms with Crippen LogP contribution in [0.15, 0.2) is 121 Å². The van der Waals surface area contributed by atoms with E-state index < -0.39 is 0 Å². The molecule has 4 aromatic rings. The fourth-order valence-corrected chi connectivity index (χ4v) is 2.05. The van der Waals surface area contributed by atoms with Crippen LogP contribution in [0.5, 0.6) is 0 Å². The zero-order valence-corrected chi connectivity index (χ0v) is 24.5. The van der Waals surface area contributed by atoms with Gasteiger partial charge in [0.05, 0.1) is 46.5 Å². The zero-order chi connectivity index (χ0) is 23.3. The second-order valence-electron chi connectivity index (χ2n) is 5.91. The molecule has 0 aromatic heterocycles. The van der Waals surface area contributed by atoms with Crippen LogP contribution in [-0.2, 0) is 21.1 Å². The van der Waals surface area contributed by atoms with Gasteiger partial charge in [0.15, 0.2) is 0 Å². The third-order valence-corrected chi connectivity index (χ3v) is 3.61. The Morgan fingerprint density at radius 2 is 0.432 bits per heavy atom. The molecule has 0 aliphatic rings. The fourth-order valence-electron chi connectivity index (χ4n) is 2.05. The van der Waals surface area contributed by atoms with E-state index in [2.05, 4.69) is 0 Å². The number of benzene rings is 4. The zero-order valence-electron chi connectivity index (χ0n) is 19.2. The minimum atomic E-state index is 0. The summed E-state index contributed by atoms with van der Waals surface area (Å²) >= 11 is 0. The Balaban J connectivity index is -0.000000118. The van der Waals surface area contributed by atoms with Crippen LogP contribution in [0.2, 0.25) is 0 Å². The maximum Gasteiger partial charge on any atom is 4.00 e. The van der Waals surface area contributed by atoms with Gasteiger partial charge >= 0.3 is 21.1 Å². The molecule has 0 saturated carbocycles. The van der Waals surface area contributed by atoms with Crippen molar-refractivity contribution in [1.82, 2.24) is 0 Å². The van der Waals surface area contributed by atoms with Crippen LogP contribution in [0, 0.1) is 45.3 Å². The topological polar surface area (TPSA) is 95.2 Å². The van der Waals surface area contributed by atoms with Gasteiger partial charge in [0, 0.05) is 0 Å². The van der Waals surface area contributed by atoms with Gasteiger partial charge in [-0.25, -0.2) is 0 Å². The Hall–Kier alpha value is -3.31. The molecule has 4 rings (SSSR count). The number of nitriles is 4. The Labute approximate surface area is 258 Å². The van der Waals surface area contributed by atoms with E-state index in [9.17, 15) is 0 Å². The van der Waals surface area contributed by atoms with Gasteiger partial charge in [0.1, 0.15) is 0 Å². The minimum Gasteiger partial charge on any atom is -1.00 e. The van der Waals surface area contributed by atoms with E-state index in [1.54, 1.807) is 48.5 Å². The summed E-state index contributed by atoms with van der Waals surface area (Å²) in [6, 6.07) is 44.7. The Bertz CT molecular complexity index is 1000. The number of rotatable bonds is 0. The standard InChI is InChI=1S/4C7H5N.4ClH.Pt/c4*8-6-7-4-2-1-3-5-7;;;;;/h4*1-5H;4*1H;/q;;;;;;;;+4/p-4. The molecule has 37 heavy (non-hydrogen) atoms. The molecule has 0 bridgehead atoms. The number of hydrogen-bond donors (Lipinski definition) is 0. The Morgan fingerprint density at radius 1 is 0.297 bits per heavy atom. The van der Waals surface area contributed by atoms with E-state index in [1.165, 1.54) is 0 Å². The maximum absolute atomic E-state index is 8.29. The van der Waals surface area contributed by atoms with Crippen molar-refractivity contribution in [2.75, 3.05) is 0 Å². The molecule has 0 aliphatic heterocycles. The first-order valence-electron chi connectivity index (χ1n) is 9.54. The summed E-state index contributed by atoms with van der Waals surface area (Å²) in [6.07, 6.45) is 0. The van der Waals surface area contributed by atoms with Crippen molar-refractivity contribution in [2.45, 2.75) is 0 Å². The number of halogens is 4. The molecule has 0 N–H and O–H groups in total. The molecule has 0 heterocycles. The molecule has 4 aromatic carbocycles. The van der Waals surface area contributed by atoms with Crippen LogP contribution in [-0.4, -0.2) is 0 Å². The summed E-state index contributed by atoms with van der Waals surface area (Å²) < 4.78 is 0. The SMILES string of the molecule is N#Cc1ccccc1.N#Cc1ccccc1.N#Cc1ccccc1.N#Cc1ccccc1.[Cl-].[Cl-].[Cl-].[Cl-].[Pt+4]. The van der Waals surface area contributed by atoms with Crippen molar-refractivity contribution in [2.24, 2.45) is 0 Å². The van der Waals surface area contributed by atoms with Gasteiger partial charge in [-0.1, -0.05) is 72.8 Å². The second kappa shape index (κ2) is 30.7. The molecule has 0 aliphatic carbocycles. The van der Waals surface area contributed by atoms with Crippen LogP contribution in [0.4, 0.5) is 0 Å². The van der Waals surface area contributed by atoms with E-state index in [4.69, 9.17) is 21.0 Å². The molecule has 0 radical (unpaired) electrons. The minimum absolute atomic E-state index is 0. The van der Waals surface area contributed by atoms with Crippen molar-refractivity contribution in [3.05, 3.63) is 144 Å². The number of nitrogens with zero attached hydrogens (tertiary/aromatic N) is 4. The monoisotopic (exact) mass is 747 g/mol. The first-order valence-corrected chi connectivity index (χ1v) is 9.54. The Kier molecular flexibility index (Phi) is 36.3. The smallest absolute Gasteiger partial charge is 1.00 e. The second-order valence-corrected chi connectivity index (χ2v) is 5.91. The van der Waals surface area contributed by atoms with E-state index in [0.717, 1.165) is 0 Å². The summed E-state index contributed by atoms with van der Waals surface area (Å²) in [4.78, 5) is 0. The van der Waals surface area contributed by atoms with Gasteiger partial charge < -0.3 is 49.6 Å². The van der Waals surface area contributed by atoms with Gasteiger partial charge in [-0.2, -0.15) is 21.0 Å². The van der Waals surface area contributed by atoms with Crippen LogP contribution < -0.4 is 49.6 Å².